The third-order valence-corrected chi connectivity index (χ3v) is 5.19. The molecule has 0 N–H and O–H groups in total. The van der Waals surface area contributed by atoms with E-state index in [0.717, 1.165) is 15.3 Å². The lowest BCUT2D eigenvalue weighted by atomic mass is 10.1. The number of thiophene rings is 1. The first-order valence-electron chi connectivity index (χ1n) is 7.40. The van der Waals surface area contributed by atoms with Gasteiger partial charge < -0.3 is 0 Å². The molecule has 0 radical (unpaired) electrons. The summed E-state index contributed by atoms with van der Waals surface area (Å²) in [6, 6.07) is 11.3. The number of hydrogen-bond acceptors (Lipinski definition) is 4. The second-order valence-electron chi connectivity index (χ2n) is 5.63. The number of benzene rings is 1. The molecule has 0 saturated carbocycles. The maximum atomic E-state index is 12.9. The fourth-order valence-corrected chi connectivity index (χ4v) is 3.53. The van der Waals surface area contributed by atoms with Gasteiger partial charge in [-0.25, -0.2) is 0 Å². The molecule has 1 fully saturated rings. The SMILES string of the molecule is Cc1ccc(N2C(=O)/C(=C\c3ccc(C)s3)C(=O)N(C)C2=S)cc1. The van der Waals surface area contributed by atoms with Crippen LogP contribution in [0.1, 0.15) is 15.3 Å². The molecule has 1 aromatic carbocycles. The van der Waals surface area contributed by atoms with Crippen LogP contribution in [-0.2, 0) is 9.59 Å². The highest BCUT2D eigenvalue weighted by Gasteiger charge is 2.38. The average Bonchev–Trinajstić information content (AvgIpc) is 2.97. The molecule has 1 saturated heterocycles. The molecule has 2 aromatic rings. The largest absolute Gasteiger partial charge is 0.287 e. The van der Waals surface area contributed by atoms with Gasteiger partial charge in [0.25, 0.3) is 11.8 Å². The van der Waals surface area contributed by atoms with E-state index in [1.54, 1.807) is 13.1 Å². The molecule has 1 aromatic heterocycles. The van der Waals surface area contributed by atoms with Gasteiger partial charge in [0.1, 0.15) is 5.57 Å². The third kappa shape index (κ3) is 2.90. The summed E-state index contributed by atoms with van der Waals surface area (Å²) in [7, 11) is 1.59. The van der Waals surface area contributed by atoms with Crippen LogP contribution < -0.4 is 4.90 Å². The van der Waals surface area contributed by atoms with E-state index in [1.165, 1.54) is 21.1 Å². The lowest BCUT2D eigenvalue weighted by molar-refractivity contribution is -0.127. The Morgan fingerprint density at radius 2 is 1.67 bits per heavy atom. The predicted molar refractivity (Wildman–Crippen MR) is 101 cm³/mol. The van der Waals surface area contributed by atoms with E-state index in [-0.39, 0.29) is 16.6 Å². The minimum Gasteiger partial charge on any atom is -0.287 e. The third-order valence-electron chi connectivity index (χ3n) is 3.79. The van der Waals surface area contributed by atoms with Crippen molar-refractivity contribution in [3.63, 3.8) is 0 Å². The summed E-state index contributed by atoms with van der Waals surface area (Å²) in [6.07, 6.45) is 1.64. The lowest BCUT2D eigenvalue weighted by Gasteiger charge is -2.34. The number of carbonyl (C=O) groups is 2. The molecule has 122 valence electrons. The normalized spacial score (nSPS) is 17.1. The molecular weight excluding hydrogens is 340 g/mol. The van der Waals surface area contributed by atoms with Crippen LogP contribution in [-0.4, -0.2) is 28.9 Å². The highest BCUT2D eigenvalue weighted by atomic mass is 32.1. The molecule has 2 amide bonds. The number of hydrogen-bond donors (Lipinski definition) is 0. The van der Waals surface area contributed by atoms with Crippen molar-refractivity contribution in [1.82, 2.24) is 4.90 Å². The van der Waals surface area contributed by atoms with Gasteiger partial charge in [-0.3, -0.25) is 19.4 Å². The van der Waals surface area contributed by atoms with Crippen molar-refractivity contribution < 1.29 is 9.59 Å². The summed E-state index contributed by atoms with van der Waals surface area (Å²) in [5.74, 6) is -0.766. The number of nitrogens with zero attached hydrogens (tertiary/aromatic N) is 2. The predicted octanol–water partition coefficient (Wildman–Crippen LogP) is 3.54. The molecule has 0 atom stereocenters. The first-order chi connectivity index (χ1) is 11.4. The number of carbonyl (C=O) groups excluding carboxylic acids is 2. The first-order valence-corrected chi connectivity index (χ1v) is 8.62. The minimum atomic E-state index is -0.391. The zero-order valence-electron chi connectivity index (χ0n) is 13.6. The number of anilines is 1. The van der Waals surface area contributed by atoms with Crippen LogP contribution in [0.4, 0.5) is 5.69 Å². The van der Waals surface area contributed by atoms with Crippen LogP contribution in [0.25, 0.3) is 6.08 Å². The fraction of sp³-hybridized carbons (Fsp3) is 0.167. The Labute approximate surface area is 150 Å². The molecule has 6 heteroatoms. The Kier molecular flexibility index (Phi) is 4.34. The van der Waals surface area contributed by atoms with Gasteiger partial charge in [0.05, 0.1) is 5.69 Å². The molecule has 0 unspecified atom stereocenters. The Balaban J connectivity index is 2.06. The van der Waals surface area contributed by atoms with E-state index in [2.05, 4.69) is 0 Å². The van der Waals surface area contributed by atoms with Crippen LogP contribution in [0.15, 0.2) is 42.0 Å². The Morgan fingerprint density at radius 3 is 2.25 bits per heavy atom. The standard InChI is InChI=1S/C18H16N2O2S2/c1-11-4-7-13(8-5-11)20-17(22)15(16(21)19(3)18(20)23)10-14-9-6-12(2)24-14/h4-10H,1-3H3/b15-10-. The van der Waals surface area contributed by atoms with E-state index in [4.69, 9.17) is 12.2 Å². The van der Waals surface area contributed by atoms with Crippen molar-refractivity contribution in [2.75, 3.05) is 11.9 Å². The molecule has 24 heavy (non-hydrogen) atoms. The minimum absolute atomic E-state index is 0.119. The smallest absolute Gasteiger partial charge is 0.270 e. The van der Waals surface area contributed by atoms with Crippen molar-refractivity contribution in [3.8, 4) is 0 Å². The van der Waals surface area contributed by atoms with Gasteiger partial charge >= 0.3 is 0 Å². The molecular formula is C18H16N2O2S2. The summed E-state index contributed by atoms with van der Waals surface area (Å²) in [4.78, 5) is 30.2. The molecule has 3 rings (SSSR count). The Bertz CT molecular complexity index is 865. The highest BCUT2D eigenvalue weighted by Crippen LogP contribution is 2.27. The summed E-state index contributed by atoms with van der Waals surface area (Å²) in [5.41, 5.74) is 1.86. The van der Waals surface area contributed by atoms with Gasteiger partial charge in [-0.2, -0.15) is 0 Å². The Hall–Kier alpha value is -2.31. The molecule has 1 aliphatic rings. The number of amides is 2. The monoisotopic (exact) mass is 356 g/mol. The van der Waals surface area contributed by atoms with Crippen molar-refractivity contribution in [1.29, 1.82) is 0 Å². The number of rotatable bonds is 2. The van der Waals surface area contributed by atoms with Crippen LogP contribution in [0.3, 0.4) is 0 Å². The van der Waals surface area contributed by atoms with E-state index in [1.807, 2.05) is 50.2 Å². The van der Waals surface area contributed by atoms with Crippen molar-refractivity contribution in [2.45, 2.75) is 13.8 Å². The second-order valence-corrected chi connectivity index (χ2v) is 7.31. The maximum absolute atomic E-state index is 12.9. The van der Waals surface area contributed by atoms with Crippen molar-refractivity contribution >= 4 is 52.2 Å². The Morgan fingerprint density at radius 1 is 1.00 bits per heavy atom. The van der Waals surface area contributed by atoms with Crippen LogP contribution in [0.5, 0.6) is 0 Å². The topological polar surface area (TPSA) is 40.6 Å². The average molecular weight is 356 g/mol. The fourth-order valence-electron chi connectivity index (χ4n) is 2.43. The van der Waals surface area contributed by atoms with Crippen molar-refractivity contribution in [2.24, 2.45) is 0 Å². The zero-order chi connectivity index (χ0) is 17.4. The highest BCUT2D eigenvalue weighted by molar-refractivity contribution is 7.80. The molecule has 2 heterocycles. The van der Waals surface area contributed by atoms with Crippen molar-refractivity contribution in [3.05, 3.63) is 57.3 Å². The van der Waals surface area contributed by atoms with Gasteiger partial charge in [0, 0.05) is 16.8 Å². The number of aryl methyl sites for hydroxylation is 2. The lowest BCUT2D eigenvalue weighted by Crippen LogP contribution is -2.54. The van der Waals surface area contributed by atoms with Crippen LogP contribution in [0, 0.1) is 13.8 Å². The van der Waals surface area contributed by atoms with Crippen LogP contribution in [0.2, 0.25) is 0 Å². The quantitative estimate of drug-likeness (QED) is 0.469. The van der Waals surface area contributed by atoms with Gasteiger partial charge in [-0.1, -0.05) is 17.7 Å². The first kappa shape index (κ1) is 16.5. The van der Waals surface area contributed by atoms with E-state index >= 15 is 0 Å². The zero-order valence-corrected chi connectivity index (χ0v) is 15.2. The summed E-state index contributed by atoms with van der Waals surface area (Å²) in [5, 5.41) is 0.188. The maximum Gasteiger partial charge on any atom is 0.270 e. The van der Waals surface area contributed by atoms with Gasteiger partial charge in [-0.05, 0) is 56.4 Å². The summed E-state index contributed by atoms with van der Waals surface area (Å²) >= 11 is 6.86. The van der Waals surface area contributed by atoms with Gasteiger partial charge in [0.2, 0.25) is 0 Å². The van der Waals surface area contributed by atoms with E-state index < -0.39 is 5.91 Å². The molecule has 0 spiro atoms. The van der Waals surface area contributed by atoms with Gasteiger partial charge in [-0.15, -0.1) is 11.3 Å². The number of likely N-dealkylation sites (N-methyl/N-ethyl adjacent to an activating group) is 1. The molecule has 4 nitrogen and oxygen atoms in total. The van der Waals surface area contributed by atoms with E-state index in [9.17, 15) is 9.59 Å². The summed E-state index contributed by atoms with van der Waals surface area (Å²) in [6.45, 7) is 3.96. The molecule has 1 aliphatic heterocycles. The number of thiocarbonyl (C=S) groups is 1. The van der Waals surface area contributed by atoms with Crippen LogP contribution >= 0.6 is 23.6 Å². The van der Waals surface area contributed by atoms with E-state index in [0.29, 0.717) is 5.69 Å². The van der Waals surface area contributed by atoms with Gasteiger partial charge in [0.15, 0.2) is 5.11 Å². The second kappa shape index (κ2) is 6.30. The summed E-state index contributed by atoms with van der Waals surface area (Å²) < 4.78 is 0. The molecule has 0 bridgehead atoms. The molecule has 0 aliphatic carbocycles.